The summed E-state index contributed by atoms with van der Waals surface area (Å²) in [6, 6.07) is 7.97. The summed E-state index contributed by atoms with van der Waals surface area (Å²) in [5.74, 6) is -0.712. The monoisotopic (exact) mass is 261 g/mol. The van der Waals surface area contributed by atoms with Gasteiger partial charge in [-0.1, -0.05) is 44.2 Å². The minimum absolute atomic E-state index is 0.712. The van der Waals surface area contributed by atoms with Crippen molar-refractivity contribution in [1.29, 1.82) is 0 Å². The smallest absolute Gasteiger partial charge is 0.329 e. The predicted octanol–water partition coefficient (Wildman–Crippen LogP) is 3.97. The third-order valence-corrected chi connectivity index (χ3v) is 4.02. The van der Waals surface area contributed by atoms with Crippen molar-refractivity contribution in [2.45, 2.75) is 57.4 Å². The second kappa shape index (κ2) is 6.09. The standard InChI is InChI=1S/C16H23NO2/c1-13-8-7-9-14(12-13)17-16(15(18)19)10-5-3-2-4-6-11-16/h7-9,12,17H,2-6,10-11H2,1H3,(H,18,19). The first-order valence-corrected chi connectivity index (χ1v) is 7.21. The van der Waals surface area contributed by atoms with Crippen molar-refractivity contribution in [2.24, 2.45) is 0 Å². The Morgan fingerprint density at radius 3 is 2.37 bits per heavy atom. The van der Waals surface area contributed by atoms with E-state index in [4.69, 9.17) is 0 Å². The van der Waals surface area contributed by atoms with E-state index < -0.39 is 11.5 Å². The number of anilines is 1. The van der Waals surface area contributed by atoms with Gasteiger partial charge in [0.25, 0.3) is 0 Å². The molecule has 0 unspecified atom stereocenters. The number of carbonyl (C=O) groups is 1. The fourth-order valence-electron chi connectivity index (χ4n) is 2.90. The van der Waals surface area contributed by atoms with Crippen molar-refractivity contribution in [2.75, 3.05) is 5.32 Å². The first-order valence-electron chi connectivity index (χ1n) is 7.21. The molecule has 104 valence electrons. The molecule has 3 heteroatoms. The van der Waals surface area contributed by atoms with Crippen LogP contribution in [0.3, 0.4) is 0 Å². The second-order valence-corrected chi connectivity index (χ2v) is 5.65. The van der Waals surface area contributed by atoms with Gasteiger partial charge >= 0.3 is 5.97 Å². The Morgan fingerprint density at radius 2 is 1.79 bits per heavy atom. The third-order valence-electron chi connectivity index (χ3n) is 4.02. The van der Waals surface area contributed by atoms with E-state index in [-0.39, 0.29) is 0 Å². The Balaban J connectivity index is 2.20. The van der Waals surface area contributed by atoms with Gasteiger partial charge in [0, 0.05) is 5.69 Å². The summed E-state index contributed by atoms with van der Waals surface area (Å²) in [7, 11) is 0. The topological polar surface area (TPSA) is 49.3 Å². The zero-order valence-corrected chi connectivity index (χ0v) is 11.6. The number of rotatable bonds is 3. The number of carboxylic acid groups (broad SMARTS) is 1. The van der Waals surface area contributed by atoms with Crippen LogP contribution >= 0.6 is 0 Å². The molecule has 3 nitrogen and oxygen atoms in total. The van der Waals surface area contributed by atoms with Crippen molar-refractivity contribution in [1.82, 2.24) is 0 Å². The summed E-state index contributed by atoms with van der Waals surface area (Å²) in [5, 5.41) is 13.0. The molecular weight excluding hydrogens is 238 g/mol. The quantitative estimate of drug-likeness (QED) is 0.865. The van der Waals surface area contributed by atoms with Gasteiger partial charge in [-0.25, -0.2) is 4.79 Å². The maximum atomic E-state index is 11.8. The van der Waals surface area contributed by atoms with Gasteiger partial charge in [-0.05, 0) is 37.5 Å². The molecule has 2 rings (SSSR count). The molecule has 1 aliphatic rings. The van der Waals surface area contributed by atoms with Gasteiger partial charge in [0.15, 0.2) is 0 Å². The SMILES string of the molecule is Cc1cccc(NC2(C(=O)O)CCCCCCC2)c1. The van der Waals surface area contributed by atoms with Crippen LogP contribution in [0.5, 0.6) is 0 Å². The average Bonchev–Trinajstić information content (AvgIpc) is 2.32. The molecule has 0 spiro atoms. The lowest BCUT2D eigenvalue weighted by Crippen LogP contribution is -2.46. The molecule has 1 aromatic carbocycles. The van der Waals surface area contributed by atoms with Crippen molar-refractivity contribution < 1.29 is 9.90 Å². The highest BCUT2D eigenvalue weighted by atomic mass is 16.4. The number of nitrogens with one attached hydrogen (secondary N) is 1. The van der Waals surface area contributed by atoms with E-state index in [2.05, 4.69) is 5.32 Å². The maximum Gasteiger partial charge on any atom is 0.329 e. The molecule has 0 bridgehead atoms. The van der Waals surface area contributed by atoms with Gasteiger partial charge in [0.05, 0.1) is 0 Å². The summed E-state index contributed by atoms with van der Waals surface area (Å²) in [6.45, 7) is 2.02. The molecule has 1 fully saturated rings. The summed E-state index contributed by atoms with van der Waals surface area (Å²) in [6.07, 6.45) is 6.94. The van der Waals surface area contributed by atoms with Crippen LogP contribution in [0.25, 0.3) is 0 Å². The number of carboxylic acids is 1. The van der Waals surface area contributed by atoms with Crippen LogP contribution in [0.4, 0.5) is 5.69 Å². The average molecular weight is 261 g/mol. The predicted molar refractivity (Wildman–Crippen MR) is 77.5 cm³/mol. The van der Waals surface area contributed by atoms with E-state index >= 15 is 0 Å². The Labute approximate surface area is 115 Å². The van der Waals surface area contributed by atoms with Crippen LogP contribution in [0.2, 0.25) is 0 Å². The number of aliphatic carboxylic acids is 1. The Hall–Kier alpha value is -1.51. The minimum atomic E-state index is -0.784. The molecule has 0 amide bonds. The first kappa shape index (κ1) is 13.9. The van der Waals surface area contributed by atoms with Gasteiger partial charge in [0.2, 0.25) is 0 Å². The number of benzene rings is 1. The maximum absolute atomic E-state index is 11.8. The molecule has 19 heavy (non-hydrogen) atoms. The summed E-state index contributed by atoms with van der Waals surface area (Å²) in [4.78, 5) is 11.8. The van der Waals surface area contributed by atoms with Crippen LogP contribution in [0, 0.1) is 6.92 Å². The van der Waals surface area contributed by atoms with Gasteiger partial charge in [-0.15, -0.1) is 0 Å². The van der Waals surface area contributed by atoms with E-state index in [1.54, 1.807) is 0 Å². The highest BCUT2D eigenvalue weighted by Gasteiger charge is 2.37. The first-order chi connectivity index (χ1) is 9.12. The largest absolute Gasteiger partial charge is 0.480 e. The molecule has 0 aliphatic heterocycles. The molecule has 1 aromatic rings. The van der Waals surface area contributed by atoms with Crippen LogP contribution in [-0.4, -0.2) is 16.6 Å². The second-order valence-electron chi connectivity index (χ2n) is 5.65. The normalized spacial score (nSPS) is 19.2. The van der Waals surface area contributed by atoms with Gasteiger partial charge in [0.1, 0.15) is 5.54 Å². The highest BCUT2D eigenvalue weighted by Crippen LogP contribution is 2.30. The fourth-order valence-corrected chi connectivity index (χ4v) is 2.90. The van der Waals surface area contributed by atoms with Gasteiger partial charge in [-0.2, -0.15) is 0 Å². The van der Waals surface area contributed by atoms with E-state index in [0.717, 1.165) is 49.8 Å². The molecular formula is C16H23NO2. The van der Waals surface area contributed by atoms with Crippen LogP contribution in [0.15, 0.2) is 24.3 Å². The fraction of sp³-hybridized carbons (Fsp3) is 0.562. The van der Waals surface area contributed by atoms with Gasteiger partial charge < -0.3 is 10.4 Å². The third kappa shape index (κ3) is 3.49. The van der Waals surface area contributed by atoms with Crippen molar-refractivity contribution in [3.05, 3.63) is 29.8 Å². The van der Waals surface area contributed by atoms with Crippen LogP contribution < -0.4 is 5.32 Å². The van der Waals surface area contributed by atoms with Crippen LogP contribution in [-0.2, 0) is 4.79 Å². The number of hydrogen-bond acceptors (Lipinski definition) is 2. The lowest BCUT2D eigenvalue weighted by atomic mass is 9.83. The Bertz CT molecular complexity index is 434. The van der Waals surface area contributed by atoms with E-state index in [0.29, 0.717) is 0 Å². The number of aryl methyl sites for hydroxylation is 1. The molecule has 0 atom stereocenters. The zero-order chi connectivity index (χ0) is 13.7. The summed E-state index contributed by atoms with van der Waals surface area (Å²) < 4.78 is 0. The Kier molecular flexibility index (Phi) is 4.46. The van der Waals surface area contributed by atoms with Crippen LogP contribution in [0.1, 0.15) is 50.5 Å². The van der Waals surface area contributed by atoms with Gasteiger partial charge in [-0.3, -0.25) is 0 Å². The Morgan fingerprint density at radius 1 is 1.16 bits per heavy atom. The van der Waals surface area contributed by atoms with E-state index in [9.17, 15) is 9.90 Å². The highest BCUT2D eigenvalue weighted by molar-refractivity contribution is 5.82. The molecule has 0 radical (unpaired) electrons. The lowest BCUT2D eigenvalue weighted by molar-refractivity contribution is -0.143. The number of hydrogen-bond donors (Lipinski definition) is 2. The summed E-state index contributed by atoms with van der Waals surface area (Å²) >= 11 is 0. The molecule has 0 saturated heterocycles. The van der Waals surface area contributed by atoms with E-state index in [1.165, 1.54) is 6.42 Å². The molecule has 2 N–H and O–H groups in total. The van der Waals surface area contributed by atoms with Crippen molar-refractivity contribution >= 4 is 11.7 Å². The molecule has 1 saturated carbocycles. The molecule has 1 aliphatic carbocycles. The van der Waals surface area contributed by atoms with E-state index in [1.807, 2.05) is 31.2 Å². The summed E-state index contributed by atoms with van der Waals surface area (Å²) in [5.41, 5.74) is 1.29. The minimum Gasteiger partial charge on any atom is -0.480 e. The lowest BCUT2D eigenvalue weighted by Gasteiger charge is -2.33. The zero-order valence-electron chi connectivity index (χ0n) is 11.6. The molecule has 0 heterocycles. The van der Waals surface area contributed by atoms with Crippen molar-refractivity contribution in [3.8, 4) is 0 Å². The molecule has 0 aromatic heterocycles. The van der Waals surface area contributed by atoms with Crippen molar-refractivity contribution in [3.63, 3.8) is 0 Å².